The molecule has 6 atom stereocenters. The maximum atomic E-state index is 14.1. The zero-order valence-electron chi connectivity index (χ0n) is 23.1. The maximum absolute atomic E-state index is 14.1. The number of thioether (sulfide) groups is 1. The summed E-state index contributed by atoms with van der Waals surface area (Å²) in [5.74, 6) is -1.45. The van der Waals surface area contributed by atoms with Crippen LogP contribution in [0.15, 0.2) is 30.3 Å². The topological polar surface area (TPSA) is 98.7 Å². The molecule has 3 unspecified atom stereocenters. The molecule has 3 aliphatic rings. The SMILES string of the molecule is CC(C)(C)CC(C)(C)NC(=O)C1N(CCCCCO)C(=O)[C@@H]2[C@H](C(=O)Nc3ccccc3)[C@H]3SC12CC3Br. The second-order valence-corrected chi connectivity index (χ2v) is 15.7. The first-order chi connectivity index (χ1) is 17.8. The molecule has 0 radical (unpaired) electrons. The number of carbonyl (C=O) groups excluding carboxylic acids is 3. The average Bonchev–Trinajstić information content (AvgIpc) is 3.39. The van der Waals surface area contributed by atoms with Crippen LogP contribution in [-0.4, -0.2) is 67.3 Å². The number of aliphatic hydroxyl groups is 1. The first-order valence-corrected chi connectivity index (χ1v) is 15.5. The molecule has 3 heterocycles. The van der Waals surface area contributed by atoms with Gasteiger partial charge in [0.05, 0.1) is 16.6 Å². The number of aliphatic hydroxyl groups excluding tert-OH is 1. The smallest absolute Gasteiger partial charge is 0.244 e. The van der Waals surface area contributed by atoms with Gasteiger partial charge < -0.3 is 20.6 Å². The molecule has 3 amide bonds. The lowest BCUT2D eigenvalue weighted by Crippen LogP contribution is -2.58. The maximum Gasteiger partial charge on any atom is 0.244 e. The quantitative estimate of drug-likeness (QED) is 0.267. The van der Waals surface area contributed by atoms with E-state index in [9.17, 15) is 19.5 Å². The molecule has 0 aromatic heterocycles. The molecule has 2 bridgehead atoms. The molecule has 38 heavy (non-hydrogen) atoms. The number of likely N-dealkylation sites (tertiary alicyclic amines) is 1. The van der Waals surface area contributed by atoms with Crippen LogP contribution in [0.4, 0.5) is 5.69 Å². The van der Waals surface area contributed by atoms with Crippen LogP contribution in [0.25, 0.3) is 0 Å². The minimum Gasteiger partial charge on any atom is -0.396 e. The number of amides is 3. The molecule has 3 saturated heterocycles. The fraction of sp³-hybridized carbons (Fsp3) is 0.690. The Morgan fingerprint density at radius 1 is 1.11 bits per heavy atom. The second-order valence-electron chi connectivity index (χ2n) is 12.9. The Balaban J connectivity index is 1.65. The molecule has 0 aliphatic carbocycles. The van der Waals surface area contributed by atoms with Gasteiger partial charge in [-0.15, -0.1) is 11.8 Å². The average molecular weight is 609 g/mol. The van der Waals surface area contributed by atoms with Gasteiger partial charge in [0.25, 0.3) is 0 Å². The number of nitrogens with one attached hydrogen (secondary N) is 2. The number of carbonyl (C=O) groups is 3. The zero-order valence-corrected chi connectivity index (χ0v) is 25.5. The van der Waals surface area contributed by atoms with E-state index in [4.69, 9.17) is 0 Å². The number of hydrogen-bond acceptors (Lipinski definition) is 5. The van der Waals surface area contributed by atoms with Crippen LogP contribution in [0.3, 0.4) is 0 Å². The highest BCUT2D eigenvalue weighted by atomic mass is 79.9. The minimum absolute atomic E-state index is 0.0230. The van der Waals surface area contributed by atoms with Gasteiger partial charge in [0.2, 0.25) is 17.7 Å². The van der Waals surface area contributed by atoms with E-state index >= 15 is 0 Å². The van der Waals surface area contributed by atoms with Crippen molar-refractivity contribution in [3.63, 3.8) is 0 Å². The Morgan fingerprint density at radius 2 is 1.79 bits per heavy atom. The first-order valence-electron chi connectivity index (χ1n) is 13.7. The van der Waals surface area contributed by atoms with Gasteiger partial charge in [-0.25, -0.2) is 0 Å². The third-order valence-corrected chi connectivity index (χ3v) is 11.1. The molecule has 1 aromatic carbocycles. The van der Waals surface area contributed by atoms with Crippen LogP contribution in [0.2, 0.25) is 0 Å². The third kappa shape index (κ3) is 5.80. The van der Waals surface area contributed by atoms with Crippen LogP contribution in [0, 0.1) is 17.3 Å². The van der Waals surface area contributed by atoms with Crippen molar-refractivity contribution in [3.8, 4) is 0 Å². The van der Waals surface area contributed by atoms with Gasteiger partial charge in [-0.05, 0) is 63.5 Å². The number of halogens is 1. The van der Waals surface area contributed by atoms with Gasteiger partial charge in [-0.1, -0.05) is 54.9 Å². The highest BCUT2D eigenvalue weighted by molar-refractivity contribution is 9.09. The van der Waals surface area contributed by atoms with E-state index in [0.29, 0.717) is 31.5 Å². The van der Waals surface area contributed by atoms with Crippen molar-refractivity contribution in [3.05, 3.63) is 30.3 Å². The summed E-state index contributed by atoms with van der Waals surface area (Å²) in [7, 11) is 0. The summed E-state index contributed by atoms with van der Waals surface area (Å²) in [6, 6.07) is 8.68. The fourth-order valence-electron chi connectivity index (χ4n) is 7.06. The van der Waals surface area contributed by atoms with E-state index in [2.05, 4.69) is 47.3 Å². The van der Waals surface area contributed by atoms with Gasteiger partial charge in [-0.2, -0.15) is 0 Å². The molecule has 1 spiro atoms. The monoisotopic (exact) mass is 607 g/mol. The predicted octanol–water partition coefficient (Wildman–Crippen LogP) is 4.58. The van der Waals surface area contributed by atoms with Crippen molar-refractivity contribution in [1.82, 2.24) is 10.2 Å². The van der Waals surface area contributed by atoms with Crippen molar-refractivity contribution < 1.29 is 19.5 Å². The molecule has 7 nitrogen and oxygen atoms in total. The van der Waals surface area contributed by atoms with Gasteiger partial charge in [0.15, 0.2) is 0 Å². The fourth-order valence-corrected chi connectivity index (χ4v) is 10.7. The molecular formula is C29H42BrN3O4S. The summed E-state index contributed by atoms with van der Waals surface area (Å²) >= 11 is 5.48. The van der Waals surface area contributed by atoms with Crippen LogP contribution >= 0.6 is 27.7 Å². The lowest BCUT2D eigenvalue weighted by atomic mass is 9.70. The van der Waals surface area contributed by atoms with Crippen LogP contribution in [-0.2, 0) is 14.4 Å². The summed E-state index contributed by atoms with van der Waals surface area (Å²) in [6.45, 7) is 11.1. The molecule has 210 valence electrons. The van der Waals surface area contributed by atoms with Crippen molar-refractivity contribution >= 4 is 51.1 Å². The normalized spacial score (nSPS) is 30.4. The van der Waals surface area contributed by atoms with Crippen molar-refractivity contribution in [2.45, 2.75) is 93.1 Å². The van der Waals surface area contributed by atoms with Crippen LogP contribution < -0.4 is 10.6 Å². The number of nitrogens with zero attached hydrogens (tertiary/aromatic N) is 1. The standard InChI is InChI=1S/C29H42BrN3O4S/c1-27(2,3)17-28(4,5)32-25(36)23-29-16-19(30)22(38-29)20(24(35)31-18-12-8-6-9-13-18)21(29)26(37)33(23)14-10-7-11-15-34/h6,8-9,12-13,19-23,34H,7,10-11,14-17H2,1-5H3,(H,31,35)(H,32,36)/t19?,20-,21-,22-,23?,29?/m0/s1. The second kappa shape index (κ2) is 11.1. The van der Waals surface area contributed by atoms with Gasteiger partial charge >= 0.3 is 0 Å². The molecule has 4 rings (SSSR count). The minimum atomic E-state index is -0.659. The largest absolute Gasteiger partial charge is 0.396 e. The van der Waals surface area contributed by atoms with Gasteiger partial charge in [0, 0.05) is 34.5 Å². The van der Waals surface area contributed by atoms with Crippen molar-refractivity contribution in [2.75, 3.05) is 18.5 Å². The van der Waals surface area contributed by atoms with Gasteiger partial charge in [0.1, 0.15) is 6.04 Å². The summed E-state index contributed by atoms with van der Waals surface area (Å²) in [5.41, 5.74) is 0.277. The third-order valence-electron chi connectivity index (χ3n) is 7.87. The van der Waals surface area contributed by atoms with E-state index < -0.39 is 28.2 Å². The Bertz CT molecular complexity index is 1050. The zero-order chi connectivity index (χ0) is 27.9. The van der Waals surface area contributed by atoms with Gasteiger partial charge in [-0.3, -0.25) is 14.4 Å². The number of rotatable bonds is 10. The van der Waals surface area contributed by atoms with Crippen LogP contribution in [0.5, 0.6) is 0 Å². The number of unbranched alkanes of at least 4 members (excludes halogenated alkanes) is 2. The lowest BCUT2D eigenvalue weighted by Gasteiger charge is -2.39. The van der Waals surface area contributed by atoms with Crippen LogP contribution in [0.1, 0.15) is 66.7 Å². The molecular weight excluding hydrogens is 566 g/mol. The number of anilines is 1. The van der Waals surface area contributed by atoms with E-state index in [-0.39, 0.29) is 39.8 Å². The van der Waals surface area contributed by atoms with E-state index in [1.807, 2.05) is 44.2 Å². The number of para-hydroxylation sites is 1. The Hall–Kier alpha value is -1.58. The Kier molecular flexibility index (Phi) is 8.61. The predicted molar refractivity (Wildman–Crippen MR) is 156 cm³/mol. The summed E-state index contributed by atoms with van der Waals surface area (Å²) < 4.78 is -0.659. The summed E-state index contributed by atoms with van der Waals surface area (Å²) in [6.07, 6.45) is 3.60. The molecule has 1 aromatic rings. The number of alkyl halides is 1. The molecule has 3 fully saturated rings. The molecule has 0 saturated carbocycles. The molecule has 9 heteroatoms. The Labute approximate surface area is 239 Å². The highest BCUT2D eigenvalue weighted by Gasteiger charge is 2.75. The first kappa shape index (κ1) is 29.4. The molecule has 3 N–H and O–H groups in total. The Morgan fingerprint density at radius 3 is 2.42 bits per heavy atom. The number of fused-ring (bicyclic) bond motifs is 1. The molecule has 3 aliphatic heterocycles. The number of hydrogen-bond donors (Lipinski definition) is 3. The van der Waals surface area contributed by atoms with E-state index in [1.165, 1.54) is 0 Å². The summed E-state index contributed by atoms with van der Waals surface area (Å²) in [5, 5.41) is 15.5. The summed E-state index contributed by atoms with van der Waals surface area (Å²) in [4.78, 5) is 43.7. The highest BCUT2D eigenvalue weighted by Crippen LogP contribution is 2.67. The van der Waals surface area contributed by atoms with E-state index in [0.717, 1.165) is 12.8 Å². The number of benzene rings is 1. The lowest BCUT2D eigenvalue weighted by molar-refractivity contribution is -0.139. The van der Waals surface area contributed by atoms with E-state index in [1.54, 1.807) is 16.7 Å². The van der Waals surface area contributed by atoms with Crippen molar-refractivity contribution in [2.24, 2.45) is 17.3 Å². The van der Waals surface area contributed by atoms with Crippen molar-refractivity contribution in [1.29, 1.82) is 0 Å².